The predicted octanol–water partition coefficient (Wildman–Crippen LogP) is 4.40. The highest BCUT2D eigenvalue weighted by molar-refractivity contribution is 9.10. The van der Waals surface area contributed by atoms with Crippen LogP contribution in [0.1, 0.15) is 23.9 Å². The van der Waals surface area contributed by atoms with Gasteiger partial charge in [-0.05, 0) is 18.6 Å². The topological polar surface area (TPSA) is 36.7 Å². The molecule has 86 valence electrons. The highest BCUT2D eigenvalue weighted by Gasteiger charge is 2.11. The van der Waals surface area contributed by atoms with E-state index in [1.165, 1.54) is 11.3 Å². The van der Waals surface area contributed by atoms with Crippen molar-refractivity contribution in [2.24, 2.45) is 0 Å². The van der Waals surface area contributed by atoms with Crippen molar-refractivity contribution in [2.45, 2.75) is 19.8 Å². The molecule has 0 aliphatic rings. The van der Waals surface area contributed by atoms with Gasteiger partial charge in [-0.15, -0.1) is 11.3 Å². The summed E-state index contributed by atoms with van der Waals surface area (Å²) in [5.41, 5.74) is 2.00. The van der Waals surface area contributed by atoms with E-state index in [4.69, 9.17) is 5.26 Å². The molecule has 0 N–H and O–H groups in total. The van der Waals surface area contributed by atoms with Crippen molar-refractivity contribution < 1.29 is 0 Å². The molecular formula is C13H11BrN2S. The standard InChI is InChI=1S/C13H11BrN2S/c1-2-3-11-12(8-15)17-13(16-11)9-4-6-10(14)7-5-9/h4-7H,2-3H2,1H3. The minimum absolute atomic E-state index is 0.741. The molecule has 0 bridgehead atoms. The Bertz CT molecular complexity index is 552. The Hall–Kier alpha value is -1.18. The first-order valence-electron chi connectivity index (χ1n) is 5.40. The molecule has 0 spiro atoms. The van der Waals surface area contributed by atoms with Crippen molar-refractivity contribution in [3.05, 3.63) is 39.3 Å². The lowest BCUT2D eigenvalue weighted by Crippen LogP contribution is -1.86. The van der Waals surface area contributed by atoms with Crippen LogP contribution in [-0.4, -0.2) is 4.98 Å². The van der Waals surface area contributed by atoms with E-state index in [0.717, 1.165) is 38.5 Å². The number of halogens is 1. The van der Waals surface area contributed by atoms with E-state index >= 15 is 0 Å². The summed E-state index contributed by atoms with van der Waals surface area (Å²) in [4.78, 5) is 5.29. The van der Waals surface area contributed by atoms with Crippen LogP contribution in [0.25, 0.3) is 10.6 Å². The maximum absolute atomic E-state index is 9.06. The molecule has 0 atom stereocenters. The molecule has 2 nitrogen and oxygen atoms in total. The first-order valence-corrected chi connectivity index (χ1v) is 7.01. The van der Waals surface area contributed by atoms with E-state index in [0.29, 0.717) is 0 Å². The van der Waals surface area contributed by atoms with Crippen molar-refractivity contribution in [2.75, 3.05) is 0 Å². The average Bonchev–Trinajstić information content (AvgIpc) is 2.74. The number of aryl methyl sites for hydroxylation is 1. The fourth-order valence-electron chi connectivity index (χ4n) is 1.56. The molecule has 0 radical (unpaired) electrons. The van der Waals surface area contributed by atoms with Crippen LogP contribution in [0.5, 0.6) is 0 Å². The third kappa shape index (κ3) is 2.74. The Kier molecular flexibility index (Phi) is 3.93. The zero-order valence-electron chi connectivity index (χ0n) is 9.40. The number of hydrogen-bond acceptors (Lipinski definition) is 3. The lowest BCUT2D eigenvalue weighted by Gasteiger charge is -1.95. The van der Waals surface area contributed by atoms with Crippen LogP contribution < -0.4 is 0 Å². The highest BCUT2D eigenvalue weighted by Crippen LogP contribution is 2.29. The van der Waals surface area contributed by atoms with Gasteiger partial charge in [0.05, 0.1) is 5.69 Å². The summed E-state index contributed by atoms with van der Waals surface area (Å²) in [7, 11) is 0. The summed E-state index contributed by atoms with van der Waals surface area (Å²) in [5.74, 6) is 0. The first kappa shape index (κ1) is 12.3. The molecule has 2 rings (SSSR count). The second kappa shape index (κ2) is 5.44. The van der Waals surface area contributed by atoms with Gasteiger partial charge < -0.3 is 0 Å². The Labute approximate surface area is 113 Å². The van der Waals surface area contributed by atoms with Gasteiger partial charge in [0.1, 0.15) is 16.0 Å². The third-order valence-corrected chi connectivity index (χ3v) is 3.96. The number of aromatic nitrogens is 1. The molecule has 1 aromatic carbocycles. The van der Waals surface area contributed by atoms with Crippen LogP contribution in [0.3, 0.4) is 0 Å². The van der Waals surface area contributed by atoms with Gasteiger partial charge in [-0.2, -0.15) is 5.26 Å². The van der Waals surface area contributed by atoms with Gasteiger partial charge >= 0.3 is 0 Å². The molecule has 0 fully saturated rings. The van der Waals surface area contributed by atoms with Crippen molar-refractivity contribution in [1.82, 2.24) is 4.98 Å². The van der Waals surface area contributed by atoms with Gasteiger partial charge in [0, 0.05) is 10.0 Å². The van der Waals surface area contributed by atoms with Crippen molar-refractivity contribution in [3.63, 3.8) is 0 Å². The molecule has 0 aliphatic heterocycles. The van der Waals surface area contributed by atoms with E-state index in [1.807, 2.05) is 24.3 Å². The Morgan fingerprint density at radius 3 is 2.65 bits per heavy atom. The summed E-state index contributed by atoms with van der Waals surface area (Å²) >= 11 is 4.88. The lowest BCUT2D eigenvalue weighted by atomic mass is 10.2. The molecule has 1 aromatic heterocycles. The SMILES string of the molecule is CCCc1nc(-c2ccc(Br)cc2)sc1C#N. The molecule has 1 heterocycles. The Morgan fingerprint density at radius 1 is 1.35 bits per heavy atom. The van der Waals surface area contributed by atoms with Crippen molar-refractivity contribution in [1.29, 1.82) is 5.26 Å². The average molecular weight is 307 g/mol. The number of nitrogens with zero attached hydrogens (tertiary/aromatic N) is 2. The van der Waals surface area contributed by atoms with Crippen LogP contribution in [0.4, 0.5) is 0 Å². The molecule has 2 aromatic rings. The van der Waals surface area contributed by atoms with Crippen LogP contribution >= 0.6 is 27.3 Å². The Balaban J connectivity index is 2.40. The van der Waals surface area contributed by atoms with E-state index < -0.39 is 0 Å². The second-order valence-electron chi connectivity index (χ2n) is 3.66. The summed E-state index contributed by atoms with van der Waals surface area (Å²) in [6, 6.07) is 10.2. The van der Waals surface area contributed by atoms with Crippen LogP contribution in [0, 0.1) is 11.3 Å². The third-order valence-electron chi connectivity index (χ3n) is 2.38. The minimum Gasteiger partial charge on any atom is -0.240 e. The fraction of sp³-hybridized carbons (Fsp3) is 0.231. The molecule has 17 heavy (non-hydrogen) atoms. The molecule has 0 unspecified atom stereocenters. The number of rotatable bonds is 3. The van der Waals surface area contributed by atoms with Crippen LogP contribution in [-0.2, 0) is 6.42 Å². The fourth-order valence-corrected chi connectivity index (χ4v) is 2.74. The van der Waals surface area contributed by atoms with Crippen LogP contribution in [0.2, 0.25) is 0 Å². The number of thiazole rings is 1. The summed E-state index contributed by atoms with van der Waals surface area (Å²) in [6.45, 7) is 2.10. The Morgan fingerprint density at radius 2 is 2.06 bits per heavy atom. The van der Waals surface area contributed by atoms with Crippen LogP contribution in [0.15, 0.2) is 28.7 Å². The number of benzene rings is 1. The monoisotopic (exact) mass is 306 g/mol. The molecule has 0 saturated carbocycles. The maximum atomic E-state index is 9.06. The van der Waals surface area contributed by atoms with Crippen molar-refractivity contribution >= 4 is 27.3 Å². The normalized spacial score (nSPS) is 10.2. The zero-order chi connectivity index (χ0) is 12.3. The van der Waals surface area contributed by atoms with Gasteiger partial charge in [0.2, 0.25) is 0 Å². The van der Waals surface area contributed by atoms with Gasteiger partial charge in [0.15, 0.2) is 0 Å². The second-order valence-corrected chi connectivity index (χ2v) is 5.58. The van der Waals surface area contributed by atoms with Gasteiger partial charge in [-0.1, -0.05) is 41.4 Å². The van der Waals surface area contributed by atoms with Gasteiger partial charge in [-0.3, -0.25) is 0 Å². The summed E-state index contributed by atoms with van der Waals surface area (Å²) in [6.07, 6.45) is 1.88. The first-order chi connectivity index (χ1) is 8.24. The highest BCUT2D eigenvalue weighted by atomic mass is 79.9. The predicted molar refractivity (Wildman–Crippen MR) is 74.0 cm³/mol. The molecule has 0 amide bonds. The minimum atomic E-state index is 0.741. The zero-order valence-corrected chi connectivity index (χ0v) is 11.8. The van der Waals surface area contributed by atoms with E-state index in [9.17, 15) is 0 Å². The van der Waals surface area contributed by atoms with E-state index in [1.54, 1.807) is 0 Å². The maximum Gasteiger partial charge on any atom is 0.128 e. The summed E-state index contributed by atoms with van der Waals surface area (Å²) in [5, 5.41) is 9.99. The van der Waals surface area contributed by atoms with Crippen molar-refractivity contribution in [3.8, 4) is 16.6 Å². The molecule has 0 saturated heterocycles. The van der Waals surface area contributed by atoms with E-state index in [-0.39, 0.29) is 0 Å². The quantitative estimate of drug-likeness (QED) is 0.843. The summed E-state index contributed by atoms with van der Waals surface area (Å²) < 4.78 is 1.05. The molecule has 4 heteroatoms. The van der Waals surface area contributed by atoms with E-state index in [2.05, 4.69) is 33.9 Å². The van der Waals surface area contributed by atoms with Gasteiger partial charge in [-0.25, -0.2) is 4.98 Å². The molecule has 0 aliphatic carbocycles. The number of nitriles is 1. The smallest absolute Gasteiger partial charge is 0.128 e. The van der Waals surface area contributed by atoms with Gasteiger partial charge in [0.25, 0.3) is 0 Å². The number of hydrogen-bond donors (Lipinski definition) is 0. The molecular weight excluding hydrogens is 296 g/mol. The lowest BCUT2D eigenvalue weighted by molar-refractivity contribution is 0.890. The largest absolute Gasteiger partial charge is 0.240 e.